The largest absolute Gasteiger partial charge is 0.348 e. The average molecular weight is 425 g/mol. The number of amides is 3. The summed E-state index contributed by atoms with van der Waals surface area (Å²) in [6.07, 6.45) is 2.07. The Bertz CT molecular complexity index is 926. The molecule has 6 nitrogen and oxygen atoms in total. The van der Waals surface area contributed by atoms with Crippen LogP contribution in [0.2, 0.25) is 0 Å². The number of aryl methyl sites for hydroxylation is 1. The van der Waals surface area contributed by atoms with Gasteiger partial charge in [-0.25, -0.2) is 4.79 Å². The molecule has 0 aliphatic carbocycles. The van der Waals surface area contributed by atoms with E-state index < -0.39 is 0 Å². The van der Waals surface area contributed by atoms with Crippen LogP contribution in [0.15, 0.2) is 42.6 Å². The Morgan fingerprint density at radius 2 is 1.84 bits per heavy atom. The number of nitrogens with zero attached hydrogens (tertiary/aromatic N) is 3. The molecule has 0 unspecified atom stereocenters. The molecule has 0 spiro atoms. The summed E-state index contributed by atoms with van der Waals surface area (Å²) in [4.78, 5) is 30.1. The molecular formula is C25H36N4O2. The SMILES string of the molecule is Cc1ccccc1[C@@H]1c2cccn2CCN1C(=O)CN(CC(C)C)C(=O)NC(C)(C)C. The maximum atomic E-state index is 13.6. The number of fused-ring (bicyclic) bond motifs is 1. The Labute approximate surface area is 186 Å². The van der Waals surface area contributed by atoms with E-state index in [1.807, 2.05) is 43.9 Å². The van der Waals surface area contributed by atoms with Crippen molar-refractivity contribution < 1.29 is 9.59 Å². The first-order chi connectivity index (χ1) is 14.6. The van der Waals surface area contributed by atoms with Crippen molar-refractivity contribution in [3.05, 3.63) is 59.4 Å². The summed E-state index contributed by atoms with van der Waals surface area (Å²) in [7, 11) is 0. The highest BCUT2D eigenvalue weighted by atomic mass is 16.2. The summed E-state index contributed by atoms with van der Waals surface area (Å²) in [5.41, 5.74) is 3.04. The molecule has 0 fully saturated rings. The molecule has 1 N–H and O–H groups in total. The van der Waals surface area contributed by atoms with Crippen molar-refractivity contribution >= 4 is 11.9 Å². The summed E-state index contributed by atoms with van der Waals surface area (Å²) in [5.74, 6) is 0.245. The first kappa shape index (κ1) is 22.9. The molecule has 1 aromatic carbocycles. The number of rotatable bonds is 5. The maximum absolute atomic E-state index is 13.6. The molecule has 2 aromatic rings. The van der Waals surface area contributed by atoms with Crippen molar-refractivity contribution in [3.8, 4) is 0 Å². The number of nitrogens with one attached hydrogen (secondary N) is 1. The molecule has 0 bridgehead atoms. The number of urea groups is 1. The van der Waals surface area contributed by atoms with E-state index in [9.17, 15) is 9.59 Å². The second kappa shape index (κ2) is 9.16. The van der Waals surface area contributed by atoms with Gasteiger partial charge in [-0.3, -0.25) is 4.79 Å². The number of hydrogen-bond donors (Lipinski definition) is 1. The Morgan fingerprint density at radius 3 is 2.48 bits per heavy atom. The van der Waals surface area contributed by atoms with Gasteiger partial charge in [0.2, 0.25) is 5.91 Å². The molecule has 3 rings (SSSR count). The van der Waals surface area contributed by atoms with Gasteiger partial charge >= 0.3 is 6.03 Å². The van der Waals surface area contributed by atoms with E-state index in [1.54, 1.807) is 4.90 Å². The van der Waals surface area contributed by atoms with Gasteiger partial charge in [0, 0.05) is 37.1 Å². The highest BCUT2D eigenvalue weighted by Crippen LogP contribution is 2.34. The van der Waals surface area contributed by atoms with E-state index in [2.05, 4.69) is 55.1 Å². The Balaban J connectivity index is 1.89. The van der Waals surface area contributed by atoms with Gasteiger partial charge in [-0.15, -0.1) is 0 Å². The normalized spacial score (nSPS) is 16.2. The highest BCUT2D eigenvalue weighted by molar-refractivity contribution is 5.85. The predicted octanol–water partition coefficient (Wildman–Crippen LogP) is 4.19. The van der Waals surface area contributed by atoms with E-state index >= 15 is 0 Å². The second-order valence-corrected chi connectivity index (χ2v) is 9.93. The molecule has 31 heavy (non-hydrogen) atoms. The van der Waals surface area contributed by atoms with Crippen molar-refractivity contribution in [1.82, 2.24) is 19.7 Å². The van der Waals surface area contributed by atoms with Gasteiger partial charge in [-0.2, -0.15) is 0 Å². The third kappa shape index (κ3) is 5.49. The minimum Gasteiger partial charge on any atom is -0.348 e. The predicted molar refractivity (Wildman–Crippen MR) is 124 cm³/mol. The molecule has 0 saturated heterocycles. The van der Waals surface area contributed by atoms with E-state index in [1.165, 1.54) is 0 Å². The van der Waals surface area contributed by atoms with Crippen LogP contribution in [0.25, 0.3) is 0 Å². The second-order valence-electron chi connectivity index (χ2n) is 9.93. The summed E-state index contributed by atoms with van der Waals surface area (Å²) >= 11 is 0. The molecule has 3 amide bonds. The quantitative estimate of drug-likeness (QED) is 0.782. The van der Waals surface area contributed by atoms with Crippen molar-refractivity contribution in [2.45, 2.75) is 59.7 Å². The molecule has 1 atom stereocenters. The van der Waals surface area contributed by atoms with Gasteiger partial charge in [0.25, 0.3) is 0 Å². The van der Waals surface area contributed by atoms with Crippen LogP contribution >= 0.6 is 0 Å². The lowest BCUT2D eigenvalue weighted by Gasteiger charge is -2.39. The lowest BCUT2D eigenvalue weighted by molar-refractivity contribution is -0.134. The summed E-state index contributed by atoms with van der Waals surface area (Å²) in [6, 6.07) is 12.0. The third-order valence-electron chi connectivity index (χ3n) is 5.52. The fraction of sp³-hybridized carbons (Fsp3) is 0.520. The fourth-order valence-electron chi connectivity index (χ4n) is 4.19. The minimum atomic E-state index is -0.356. The van der Waals surface area contributed by atoms with Crippen molar-refractivity contribution in [2.24, 2.45) is 5.92 Å². The fourth-order valence-corrected chi connectivity index (χ4v) is 4.19. The molecule has 1 aromatic heterocycles. The summed E-state index contributed by atoms with van der Waals surface area (Å²) in [5, 5.41) is 3.01. The van der Waals surface area contributed by atoms with Gasteiger partial charge in [0.05, 0.1) is 6.04 Å². The molecule has 0 radical (unpaired) electrons. The zero-order valence-corrected chi connectivity index (χ0v) is 19.7. The smallest absolute Gasteiger partial charge is 0.318 e. The molecular weight excluding hydrogens is 388 g/mol. The minimum absolute atomic E-state index is 0.0228. The lowest BCUT2D eigenvalue weighted by Crippen LogP contribution is -2.53. The Morgan fingerprint density at radius 1 is 1.13 bits per heavy atom. The van der Waals surface area contributed by atoms with Crippen molar-refractivity contribution in [1.29, 1.82) is 0 Å². The van der Waals surface area contributed by atoms with Crippen LogP contribution in [-0.2, 0) is 11.3 Å². The molecule has 6 heteroatoms. The molecule has 0 saturated carbocycles. The maximum Gasteiger partial charge on any atom is 0.318 e. The van der Waals surface area contributed by atoms with Crippen molar-refractivity contribution in [3.63, 3.8) is 0 Å². The van der Waals surface area contributed by atoms with Crippen molar-refractivity contribution in [2.75, 3.05) is 19.6 Å². The van der Waals surface area contributed by atoms with Gasteiger partial charge in [0.15, 0.2) is 0 Å². The Hall–Kier alpha value is -2.76. The van der Waals surface area contributed by atoms with Gasteiger partial charge in [-0.1, -0.05) is 38.1 Å². The van der Waals surface area contributed by atoms with Crippen LogP contribution < -0.4 is 5.32 Å². The van der Waals surface area contributed by atoms with Crippen LogP contribution in [0.3, 0.4) is 0 Å². The van der Waals surface area contributed by atoms with E-state index in [0.717, 1.165) is 23.4 Å². The first-order valence-corrected chi connectivity index (χ1v) is 11.1. The third-order valence-corrected chi connectivity index (χ3v) is 5.52. The zero-order chi connectivity index (χ0) is 22.8. The number of aromatic nitrogens is 1. The highest BCUT2D eigenvalue weighted by Gasteiger charge is 2.34. The van der Waals surface area contributed by atoms with Gasteiger partial charge in [-0.05, 0) is 56.9 Å². The summed E-state index contributed by atoms with van der Waals surface area (Å²) in [6.45, 7) is 14.0. The van der Waals surface area contributed by atoms with Gasteiger partial charge < -0.3 is 19.7 Å². The molecule has 2 heterocycles. The standard InChI is InChI=1S/C25H36N4O2/c1-18(2)16-28(24(31)26-25(4,5)6)17-22(30)29-15-14-27-13-9-12-21(27)23(29)20-11-8-7-10-19(20)3/h7-13,18,23H,14-17H2,1-6H3,(H,26,31)/t23-/m1/s1. The number of carbonyl (C=O) groups excluding carboxylic acids is 2. The van der Waals surface area contributed by atoms with Crippen LogP contribution in [0.4, 0.5) is 4.79 Å². The topological polar surface area (TPSA) is 57.6 Å². The number of hydrogen-bond acceptors (Lipinski definition) is 2. The Kier molecular flexibility index (Phi) is 6.77. The van der Waals surface area contributed by atoms with Gasteiger partial charge in [0.1, 0.15) is 6.54 Å². The summed E-state index contributed by atoms with van der Waals surface area (Å²) < 4.78 is 2.22. The van der Waals surface area contributed by atoms with Crippen LogP contribution in [0, 0.1) is 12.8 Å². The van der Waals surface area contributed by atoms with E-state index in [-0.39, 0.29) is 36.0 Å². The number of benzene rings is 1. The van der Waals surface area contributed by atoms with E-state index in [0.29, 0.717) is 13.1 Å². The lowest BCUT2D eigenvalue weighted by atomic mass is 9.95. The van der Waals surface area contributed by atoms with Crippen LogP contribution in [0.1, 0.15) is 57.5 Å². The monoisotopic (exact) mass is 424 g/mol. The average Bonchev–Trinajstić information content (AvgIpc) is 3.14. The zero-order valence-electron chi connectivity index (χ0n) is 19.7. The van der Waals surface area contributed by atoms with Crippen LogP contribution in [0.5, 0.6) is 0 Å². The molecule has 1 aliphatic heterocycles. The number of carbonyl (C=O) groups is 2. The molecule has 1 aliphatic rings. The molecule has 168 valence electrons. The van der Waals surface area contributed by atoms with Crippen LogP contribution in [-0.4, -0.2) is 51.5 Å². The first-order valence-electron chi connectivity index (χ1n) is 11.1. The van der Waals surface area contributed by atoms with E-state index in [4.69, 9.17) is 0 Å².